The number of amides is 1. The summed E-state index contributed by atoms with van der Waals surface area (Å²) in [6, 6.07) is 3.82. The monoisotopic (exact) mass is 334 g/mol. The molecule has 0 atom stereocenters. The number of hydrogen-bond donors (Lipinski definition) is 0. The molecule has 0 spiro atoms. The largest absolute Gasteiger partial charge is 0.449 e. The number of aromatic nitrogens is 1. The highest BCUT2D eigenvalue weighted by Crippen LogP contribution is 2.32. The molecule has 1 amide bonds. The maximum atomic E-state index is 12.6. The summed E-state index contributed by atoms with van der Waals surface area (Å²) in [4.78, 5) is 18.4. The van der Waals surface area contributed by atoms with Gasteiger partial charge in [0.2, 0.25) is 0 Å². The van der Waals surface area contributed by atoms with Gasteiger partial charge in [-0.1, -0.05) is 11.6 Å². The fourth-order valence-electron chi connectivity index (χ4n) is 2.40. The Morgan fingerprint density at radius 2 is 2.18 bits per heavy atom. The first-order chi connectivity index (χ1) is 10.5. The molecule has 2 heterocycles. The van der Waals surface area contributed by atoms with Gasteiger partial charge >= 0.3 is 0 Å². The second-order valence-corrected chi connectivity index (χ2v) is 6.65. The maximum Gasteiger partial charge on any atom is 0.290 e. The molecule has 2 aromatic heterocycles. The first-order valence-electron chi connectivity index (χ1n) is 6.80. The molecule has 4 nitrogen and oxygen atoms in total. The lowest BCUT2D eigenvalue weighted by Crippen LogP contribution is -2.26. The molecule has 3 rings (SSSR count). The number of halogens is 1. The van der Waals surface area contributed by atoms with Crippen LogP contribution in [0, 0.1) is 13.8 Å². The van der Waals surface area contributed by atoms with Crippen LogP contribution in [0.25, 0.3) is 11.0 Å². The number of fused-ring (bicyclic) bond motifs is 1. The minimum absolute atomic E-state index is 0.169. The number of rotatable bonds is 3. The number of thiazole rings is 1. The summed E-state index contributed by atoms with van der Waals surface area (Å²) in [6.07, 6.45) is 1.73. The van der Waals surface area contributed by atoms with Gasteiger partial charge in [-0.05, 0) is 31.5 Å². The van der Waals surface area contributed by atoms with E-state index < -0.39 is 0 Å². The number of carbonyl (C=O) groups excluding carboxylic acids is 1. The zero-order chi connectivity index (χ0) is 15.9. The molecule has 0 N–H and O–H groups in total. The summed E-state index contributed by atoms with van der Waals surface area (Å²) in [7, 11) is 1.74. The van der Waals surface area contributed by atoms with Gasteiger partial charge in [-0.3, -0.25) is 4.79 Å². The Labute approximate surface area is 137 Å². The normalized spacial score (nSPS) is 11.1. The summed E-state index contributed by atoms with van der Waals surface area (Å²) >= 11 is 7.74. The SMILES string of the molecule is Cc1cc(Cl)c2oc(C(=O)N(C)Cc3nccs3)c(C)c2c1. The van der Waals surface area contributed by atoms with E-state index in [-0.39, 0.29) is 5.91 Å². The van der Waals surface area contributed by atoms with Crippen LogP contribution in [0.5, 0.6) is 0 Å². The fourth-order valence-corrected chi connectivity index (χ4v) is 3.38. The molecule has 0 aliphatic carbocycles. The van der Waals surface area contributed by atoms with Crippen molar-refractivity contribution >= 4 is 39.8 Å². The molecule has 22 heavy (non-hydrogen) atoms. The van der Waals surface area contributed by atoms with Crippen molar-refractivity contribution in [3.8, 4) is 0 Å². The molecule has 1 aromatic carbocycles. The molecular formula is C16H15ClN2O2S. The fraction of sp³-hybridized carbons (Fsp3) is 0.250. The third kappa shape index (κ3) is 2.62. The van der Waals surface area contributed by atoms with E-state index in [1.54, 1.807) is 18.1 Å². The average molecular weight is 335 g/mol. The van der Waals surface area contributed by atoms with E-state index in [1.165, 1.54) is 11.3 Å². The number of benzene rings is 1. The lowest BCUT2D eigenvalue weighted by molar-refractivity contribution is 0.0754. The predicted molar refractivity (Wildman–Crippen MR) is 88.6 cm³/mol. The van der Waals surface area contributed by atoms with E-state index in [1.807, 2.05) is 31.4 Å². The molecule has 0 radical (unpaired) electrons. The summed E-state index contributed by atoms with van der Waals surface area (Å²) in [6.45, 7) is 4.31. The van der Waals surface area contributed by atoms with E-state index >= 15 is 0 Å². The van der Waals surface area contributed by atoms with Gasteiger partial charge in [0, 0.05) is 29.6 Å². The number of hydrogen-bond acceptors (Lipinski definition) is 4. The Kier molecular flexibility index (Phi) is 3.93. The molecule has 0 saturated heterocycles. The van der Waals surface area contributed by atoms with Gasteiger partial charge in [-0.25, -0.2) is 4.98 Å². The van der Waals surface area contributed by atoms with Crippen molar-refractivity contribution in [2.24, 2.45) is 0 Å². The van der Waals surface area contributed by atoms with Crippen LogP contribution >= 0.6 is 22.9 Å². The zero-order valence-electron chi connectivity index (χ0n) is 12.5. The van der Waals surface area contributed by atoms with Gasteiger partial charge in [-0.15, -0.1) is 11.3 Å². The highest BCUT2D eigenvalue weighted by molar-refractivity contribution is 7.09. The van der Waals surface area contributed by atoms with Crippen LogP contribution < -0.4 is 0 Å². The number of nitrogens with zero attached hydrogens (tertiary/aromatic N) is 2. The van der Waals surface area contributed by atoms with Gasteiger partial charge in [-0.2, -0.15) is 0 Å². The van der Waals surface area contributed by atoms with Crippen molar-refractivity contribution in [3.63, 3.8) is 0 Å². The van der Waals surface area contributed by atoms with Crippen molar-refractivity contribution < 1.29 is 9.21 Å². The van der Waals surface area contributed by atoms with Crippen molar-refractivity contribution in [2.75, 3.05) is 7.05 Å². The predicted octanol–water partition coefficient (Wildman–Crippen LogP) is 4.43. The lowest BCUT2D eigenvalue weighted by Gasteiger charge is -2.14. The molecule has 0 bridgehead atoms. The zero-order valence-corrected chi connectivity index (χ0v) is 14.1. The van der Waals surface area contributed by atoms with E-state index in [9.17, 15) is 4.79 Å². The summed E-state index contributed by atoms with van der Waals surface area (Å²) < 4.78 is 5.75. The highest BCUT2D eigenvalue weighted by Gasteiger charge is 2.22. The summed E-state index contributed by atoms with van der Waals surface area (Å²) in [5.41, 5.74) is 2.42. The van der Waals surface area contributed by atoms with Gasteiger partial charge < -0.3 is 9.32 Å². The van der Waals surface area contributed by atoms with Gasteiger partial charge in [0.25, 0.3) is 5.91 Å². The molecular weight excluding hydrogens is 320 g/mol. The van der Waals surface area contributed by atoms with Crippen LogP contribution in [0.2, 0.25) is 5.02 Å². The summed E-state index contributed by atoms with van der Waals surface area (Å²) in [5.74, 6) is 0.166. The van der Waals surface area contributed by atoms with Crippen LogP contribution in [0.3, 0.4) is 0 Å². The lowest BCUT2D eigenvalue weighted by atomic mass is 10.1. The molecule has 0 aliphatic rings. The van der Waals surface area contributed by atoms with Gasteiger partial charge in [0.05, 0.1) is 11.6 Å². The minimum atomic E-state index is -0.169. The molecule has 3 aromatic rings. The second-order valence-electron chi connectivity index (χ2n) is 5.27. The third-order valence-electron chi connectivity index (χ3n) is 3.53. The Morgan fingerprint density at radius 1 is 1.41 bits per heavy atom. The van der Waals surface area contributed by atoms with Crippen LogP contribution in [0.1, 0.15) is 26.7 Å². The number of furan rings is 1. The first-order valence-corrected chi connectivity index (χ1v) is 8.06. The maximum absolute atomic E-state index is 12.6. The van der Waals surface area contributed by atoms with Gasteiger partial charge in [0.15, 0.2) is 11.3 Å². The average Bonchev–Trinajstić information content (AvgIpc) is 3.07. The first kappa shape index (κ1) is 15.1. The molecule has 0 aliphatic heterocycles. The molecule has 6 heteroatoms. The Balaban J connectivity index is 1.97. The van der Waals surface area contributed by atoms with E-state index in [2.05, 4.69) is 4.98 Å². The molecule has 0 fully saturated rings. The molecule has 114 valence electrons. The highest BCUT2D eigenvalue weighted by atomic mass is 35.5. The van der Waals surface area contributed by atoms with Crippen LogP contribution in [0.4, 0.5) is 0 Å². The number of carbonyl (C=O) groups is 1. The van der Waals surface area contributed by atoms with Crippen molar-refractivity contribution in [1.29, 1.82) is 0 Å². The molecule has 0 saturated carbocycles. The van der Waals surface area contributed by atoms with Crippen molar-refractivity contribution in [3.05, 3.63) is 50.6 Å². The topological polar surface area (TPSA) is 46.3 Å². The van der Waals surface area contributed by atoms with Crippen LogP contribution in [-0.2, 0) is 6.54 Å². The Morgan fingerprint density at radius 3 is 2.86 bits per heavy atom. The quantitative estimate of drug-likeness (QED) is 0.711. The second kappa shape index (κ2) is 5.74. The van der Waals surface area contributed by atoms with Crippen LogP contribution in [-0.4, -0.2) is 22.8 Å². The standard InChI is InChI=1S/C16H15ClN2O2S/c1-9-6-11-10(2)14(21-15(11)12(17)7-9)16(20)19(3)8-13-18-4-5-22-13/h4-7H,8H2,1-3H3. The number of aryl methyl sites for hydroxylation is 2. The minimum Gasteiger partial charge on any atom is -0.449 e. The van der Waals surface area contributed by atoms with E-state index in [0.717, 1.165) is 21.5 Å². The van der Waals surface area contributed by atoms with Crippen molar-refractivity contribution in [2.45, 2.75) is 20.4 Å². The van der Waals surface area contributed by atoms with Gasteiger partial charge in [0.1, 0.15) is 5.01 Å². The Hall–Kier alpha value is -1.85. The summed E-state index contributed by atoms with van der Waals surface area (Å²) in [5, 5.41) is 4.19. The van der Waals surface area contributed by atoms with E-state index in [4.69, 9.17) is 16.0 Å². The third-order valence-corrected chi connectivity index (χ3v) is 4.58. The van der Waals surface area contributed by atoms with Crippen molar-refractivity contribution in [1.82, 2.24) is 9.88 Å². The van der Waals surface area contributed by atoms with Crippen LogP contribution in [0.15, 0.2) is 28.1 Å². The smallest absolute Gasteiger partial charge is 0.290 e. The molecule has 0 unspecified atom stereocenters. The Bertz CT molecular complexity index is 840. The van der Waals surface area contributed by atoms with E-state index in [0.29, 0.717) is 22.9 Å².